The number of rotatable bonds is 7. The van der Waals surface area contributed by atoms with Crippen LogP contribution in [-0.2, 0) is 0 Å². The molecule has 1 atom stereocenters. The molecular weight excluding hydrogens is 200 g/mol. The van der Waals surface area contributed by atoms with Crippen molar-refractivity contribution in [2.45, 2.75) is 38.7 Å². The molecular formula is C14H21O2. The van der Waals surface area contributed by atoms with Crippen molar-refractivity contribution >= 4 is 0 Å². The molecule has 0 spiro atoms. The standard InChI is InChI=1S/C14H21O2/c1-4-5-6-7-12(2)16-14-10-8-13(15-3)9-11-14/h8-12H,2,4-7H2,1,3H3. The minimum absolute atomic E-state index is 0.0416. The highest BCUT2D eigenvalue weighted by molar-refractivity contribution is 5.31. The molecule has 0 saturated heterocycles. The maximum absolute atomic E-state index is 5.69. The summed E-state index contributed by atoms with van der Waals surface area (Å²) in [6.45, 7) is 6.19. The SMILES string of the molecule is [CH2]C(CCCCC)Oc1ccc(OC)cc1. The van der Waals surface area contributed by atoms with Crippen LogP contribution in [0.15, 0.2) is 24.3 Å². The summed E-state index contributed by atoms with van der Waals surface area (Å²) in [5.41, 5.74) is 0. The van der Waals surface area contributed by atoms with Crippen molar-refractivity contribution in [3.8, 4) is 11.5 Å². The lowest BCUT2D eigenvalue weighted by Gasteiger charge is -2.14. The van der Waals surface area contributed by atoms with Crippen molar-refractivity contribution in [2.75, 3.05) is 7.11 Å². The first-order chi connectivity index (χ1) is 7.76. The average molecular weight is 221 g/mol. The van der Waals surface area contributed by atoms with Crippen LogP contribution in [0.25, 0.3) is 0 Å². The predicted octanol–water partition coefficient (Wildman–Crippen LogP) is 3.86. The van der Waals surface area contributed by atoms with Crippen LogP contribution in [-0.4, -0.2) is 13.2 Å². The number of unbranched alkanes of at least 4 members (excludes halogenated alkanes) is 2. The van der Waals surface area contributed by atoms with E-state index in [-0.39, 0.29) is 6.10 Å². The molecule has 0 saturated carbocycles. The molecule has 16 heavy (non-hydrogen) atoms. The molecule has 0 N–H and O–H groups in total. The second-order valence-corrected chi connectivity index (χ2v) is 3.91. The molecule has 2 nitrogen and oxygen atoms in total. The summed E-state index contributed by atoms with van der Waals surface area (Å²) in [6, 6.07) is 7.62. The van der Waals surface area contributed by atoms with Crippen LogP contribution in [0.3, 0.4) is 0 Å². The zero-order valence-corrected chi connectivity index (χ0v) is 10.2. The van der Waals surface area contributed by atoms with Gasteiger partial charge in [0.15, 0.2) is 0 Å². The summed E-state index contributed by atoms with van der Waals surface area (Å²) in [4.78, 5) is 0. The zero-order valence-electron chi connectivity index (χ0n) is 10.2. The Labute approximate surface area is 98.6 Å². The van der Waals surface area contributed by atoms with Crippen LogP contribution in [0.2, 0.25) is 0 Å². The molecule has 89 valence electrons. The van der Waals surface area contributed by atoms with E-state index >= 15 is 0 Å². The number of benzene rings is 1. The first kappa shape index (κ1) is 12.9. The Bertz CT molecular complexity index is 279. The average Bonchev–Trinajstić information content (AvgIpc) is 2.30. The summed E-state index contributed by atoms with van der Waals surface area (Å²) in [5, 5.41) is 0. The van der Waals surface area contributed by atoms with Crippen molar-refractivity contribution in [1.82, 2.24) is 0 Å². The zero-order chi connectivity index (χ0) is 11.8. The fourth-order valence-electron chi connectivity index (χ4n) is 1.53. The molecule has 0 aromatic heterocycles. The second kappa shape index (κ2) is 7.15. The van der Waals surface area contributed by atoms with E-state index in [2.05, 4.69) is 13.8 Å². The van der Waals surface area contributed by atoms with Gasteiger partial charge < -0.3 is 9.47 Å². The molecule has 0 aliphatic rings. The van der Waals surface area contributed by atoms with Crippen molar-refractivity contribution in [1.29, 1.82) is 0 Å². The number of ether oxygens (including phenoxy) is 2. The lowest BCUT2D eigenvalue weighted by molar-refractivity contribution is 0.231. The second-order valence-electron chi connectivity index (χ2n) is 3.91. The van der Waals surface area contributed by atoms with Gasteiger partial charge in [-0.05, 0) is 44.0 Å². The van der Waals surface area contributed by atoms with Gasteiger partial charge in [-0.25, -0.2) is 0 Å². The van der Waals surface area contributed by atoms with Crippen LogP contribution in [0.1, 0.15) is 32.6 Å². The normalized spacial score (nSPS) is 12.2. The minimum atomic E-state index is 0.0416. The third-order valence-corrected chi connectivity index (χ3v) is 2.49. The van der Waals surface area contributed by atoms with Gasteiger partial charge in [0, 0.05) is 0 Å². The van der Waals surface area contributed by atoms with Crippen LogP contribution in [0, 0.1) is 6.92 Å². The van der Waals surface area contributed by atoms with E-state index in [1.807, 2.05) is 24.3 Å². The molecule has 0 fully saturated rings. The Morgan fingerprint density at radius 3 is 2.31 bits per heavy atom. The molecule has 2 heteroatoms. The maximum atomic E-state index is 5.69. The number of hydrogen-bond donors (Lipinski definition) is 0. The van der Waals surface area contributed by atoms with Gasteiger partial charge in [-0.3, -0.25) is 0 Å². The molecule has 0 aliphatic heterocycles. The smallest absolute Gasteiger partial charge is 0.119 e. The highest BCUT2D eigenvalue weighted by Crippen LogP contribution is 2.19. The largest absolute Gasteiger partial charge is 0.497 e. The Balaban J connectivity index is 2.34. The summed E-state index contributed by atoms with van der Waals surface area (Å²) >= 11 is 0. The topological polar surface area (TPSA) is 18.5 Å². The van der Waals surface area contributed by atoms with Crippen LogP contribution in [0.5, 0.6) is 11.5 Å². The van der Waals surface area contributed by atoms with Gasteiger partial charge in [0.25, 0.3) is 0 Å². The maximum Gasteiger partial charge on any atom is 0.119 e. The first-order valence-corrected chi connectivity index (χ1v) is 5.90. The number of methoxy groups -OCH3 is 1. The Morgan fingerprint density at radius 2 is 1.75 bits per heavy atom. The summed E-state index contributed by atoms with van der Waals surface area (Å²) < 4.78 is 10.8. The van der Waals surface area contributed by atoms with E-state index in [1.54, 1.807) is 7.11 Å². The Kier molecular flexibility index (Phi) is 5.76. The molecule has 1 rings (SSSR count). The highest BCUT2D eigenvalue weighted by atomic mass is 16.5. The number of hydrogen-bond acceptors (Lipinski definition) is 2. The summed E-state index contributed by atoms with van der Waals surface area (Å²) in [6.07, 6.45) is 4.72. The molecule has 1 aromatic carbocycles. The minimum Gasteiger partial charge on any atom is -0.497 e. The summed E-state index contributed by atoms with van der Waals surface area (Å²) in [5.74, 6) is 1.70. The van der Waals surface area contributed by atoms with E-state index in [4.69, 9.17) is 9.47 Å². The van der Waals surface area contributed by atoms with Gasteiger partial charge in [-0.1, -0.05) is 19.8 Å². The molecule has 0 amide bonds. The predicted molar refractivity (Wildman–Crippen MR) is 66.9 cm³/mol. The van der Waals surface area contributed by atoms with E-state index in [9.17, 15) is 0 Å². The van der Waals surface area contributed by atoms with Crippen LogP contribution >= 0.6 is 0 Å². The third-order valence-electron chi connectivity index (χ3n) is 2.49. The van der Waals surface area contributed by atoms with Crippen molar-refractivity contribution < 1.29 is 9.47 Å². The van der Waals surface area contributed by atoms with Gasteiger partial charge in [0.05, 0.1) is 13.2 Å². The fourth-order valence-corrected chi connectivity index (χ4v) is 1.53. The molecule has 0 bridgehead atoms. The van der Waals surface area contributed by atoms with Crippen LogP contribution < -0.4 is 9.47 Å². The molecule has 0 aliphatic carbocycles. The quantitative estimate of drug-likeness (QED) is 0.651. The molecule has 1 radical (unpaired) electrons. The van der Waals surface area contributed by atoms with Crippen molar-refractivity contribution in [3.05, 3.63) is 31.2 Å². The Hall–Kier alpha value is -1.18. The monoisotopic (exact) mass is 221 g/mol. The third kappa shape index (κ3) is 4.56. The van der Waals surface area contributed by atoms with Gasteiger partial charge in [0.1, 0.15) is 11.5 Å². The van der Waals surface area contributed by atoms with E-state index < -0.39 is 0 Å². The Morgan fingerprint density at radius 1 is 1.12 bits per heavy atom. The fraction of sp³-hybridized carbons (Fsp3) is 0.500. The van der Waals surface area contributed by atoms with Crippen molar-refractivity contribution in [3.63, 3.8) is 0 Å². The van der Waals surface area contributed by atoms with E-state index in [0.717, 1.165) is 17.9 Å². The van der Waals surface area contributed by atoms with Gasteiger partial charge in [0.2, 0.25) is 0 Å². The van der Waals surface area contributed by atoms with E-state index in [1.165, 1.54) is 19.3 Å². The van der Waals surface area contributed by atoms with Gasteiger partial charge in [-0.2, -0.15) is 0 Å². The molecule has 0 heterocycles. The van der Waals surface area contributed by atoms with Gasteiger partial charge >= 0.3 is 0 Å². The van der Waals surface area contributed by atoms with Crippen LogP contribution in [0.4, 0.5) is 0 Å². The molecule has 1 unspecified atom stereocenters. The van der Waals surface area contributed by atoms with Crippen molar-refractivity contribution in [2.24, 2.45) is 0 Å². The van der Waals surface area contributed by atoms with E-state index in [0.29, 0.717) is 0 Å². The summed E-state index contributed by atoms with van der Waals surface area (Å²) in [7, 11) is 1.66. The van der Waals surface area contributed by atoms with Gasteiger partial charge in [-0.15, -0.1) is 0 Å². The molecule has 1 aromatic rings. The lowest BCUT2D eigenvalue weighted by Crippen LogP contribution is -2.11. The first-order valence-electron chi connectivity index (χ1n) is 5.90. The lowest BCUT2D eigenvalue weighted by atomic mass is 10.1. The highest BCUT2D eigenvalue weighted by Gasteiger charge is 2.03.